The molecular formula is C13H24N2OS. The standard InChI is InChI=1S/C13H24N2OS/c1-13(2)6-4-7-14-11(13)12(16)15-9-10-5-3-8-17-10/h10-11,14H,3-9H2,1-2H3,(H,15,16). The average Bonchev–Trinajstić information content (AvgIpc) is 2.78. The van der Waals surface area contributed by atoms with Crippen molar-refractivity contribution in [1.82, 2.24) is 10.6 Å². The molecule has 2 fully saturated rings. The summed E-state index contributed by atoms with van der Waals surface area (Å²) in [6.07, 6.45) is 4.87. The van der Waals surface area contributed by atoms with E-state index in [1.165, 1.54) is 25.0 Å². The molecule has 0 aromatic heterocycles. The number of thioether (sulfide) groups is 1. The maximum absolute atomic E-state index is 12.2. The number of amides is 1. The monoisotopic (exact) mass is 256 g/mol. The highest BCUT2D eigenvalue weighted by Crippen LogP contribution is 2.30. The second kappa shape index (κ2) is 5.61. The topological polar surface area (TPSA) is 41.1 Å². The smallest absolute Gasteiger partial charge is 0.237 e. The number of carbonyl (C=O) groups is 1. The second-order valence-corrected chi connectivity index (χ2v) is 7.27. The third-order valence-corrected chi connectivity index (χ3v) is 5.32. The van der Waals surface area contributed by atoms with Crippen LogP contribution in [-0.4, -0.2) is 36.0 Å². The fourth-order valence-corrected chi connectivity index (χ4v) is 3.98. The maximum Gasteiger partial charge on any atom is 0.237 e. The fourth-order valence-electron chi connectivity index (χ4n) is 2.78. The van der Waals surface area contributed by atoms with Crippen LogP contribution in [0, 0.1) is 5.41 Å². The highest BCUT2D eigenvalue weighted by atomic mass is 32.2. The molecule has 0 bridgehead atoms. The summed E-state index contributed by atoms with van der Waals surface area (Å²) in [4.78, 5) is 12.2. The Morgan fingerprint density at radius 1 is 1.47 bits per heavy atom. The van der Waals surface area contributed by atoms with Gasteiger partial charge in [0.05, 0.1) is 6.04 Å². The van der Waals surface area contributed by atoms with Gasteiger partial charge in [-0.25, -0.2) is 0 Å². The molecule has 0 saturated carbocycles. The van der Waals surface area contributed by atoms with Crippen molar-refractivity contribution in [2.75, 3.05) is 18.8 Å². The lowest BCUT2D eigenvalue weighted by Crippen LogP contribution is -2.56. The van der Waals surface area contributed by atoms with Crippen LogP contribution in [0.2, 0.25) is 0 Å². The Balaban J connectivity index is 1.81. The van der Waals surface area contributed by atoms with Gasteiger partial charge in [0.25, 0.3) is 0 Å². The van der Waals surface area contributed by atoms with E-state index in [2.05, 4.69) is 24.5 Å². The van der Waals surface area contributed by atoms with E-state index in [4.69, 9.17) is 0 Å². The number of hydrogen-bond donors (Lipinski definition) is 2. The van der Waals surface area contributed by atoms with Crippen LogP contribution >= 0.6 is 11.8 Å². The Morgan fingerprint density at radius 2 is 2.29 bits per heavy atom. The van der Waals surface area contributed by atoms with E-state index >= 15 is 0 Å². The van der Waals surface area contributed by atoms with Gasteiger partial charge >= 0.3 is 0 Å². The van der Waals surface area contributed by atoms with Crippen molar-refractivity contribution in [1.29, 1.82) is 0 Å². The number of nitrogens with one attached hydrogen (secondary N) is 2. The minimum absolute atomic E-state index is 0.0114. The molecule has 2 N–H and O–H groups in total. The summed E-state index contributed by atoms with van der Waals surface area (Å²) in [5, 5.41) is 7.14. The maximum atomic E-state index is 12.2. The van der Waals surface area contributed by atoms with Gasteiger partial charge in [-0.2, -0.15) is 11.8 Å². The first-order valence-electron chi connectivity index (χ1n) is 6.72. The van der Waals surface area contributed by atoms with Gasteiger partial charge in [-0.1, -0.05) is 13.8 Å². The van der Waals surface area contributed by atoms with Gasteiger partial charge in [-0.15, -0.1) is 0 Å². The zero-order chi connectivity index (χ0) is 12.3. The number of carbonyl (C=O) groups excluding carboxylic acids is 1. The lowest BCUT2D eigenvalue weighted by molar-refractivity contribution is -0.126. The average molecular weight is 256 g/mol. The molecule has 2 aliphatic heterocycles. The normalized spacial score (nSPS) is 32.4. The molecule has 2 atom stereocenters. The van der Waals surface area contributed by atoms with Crippen LogP contribution in [0.3, 0.4) is 0 Å². The van der Waals surface area contributed by atoms with Gasteiger partial charge in [0.1, 0.15) is 0 Å². The summed E-state index contributed by atoms with van der Waals surface area (Å²) >= 11 is 2.00. The zero-order valence-electron chi connectivity index (χ0n) is 10.9. The highest BCUT2D eigenvalue weighted by Gasteiger charge is 2.37. The van der Waals surface area contributed by atoms with Crippen molar-refractivity contribution < 1.29 is 4.79 Å². The summed E-state index contributed by atoms with van der Waals surface area (Å²) in [6.45, 7) is 6.19. The van der Waals surface area contributed by atoms with Gasteiger partial charge in [0, 0.05) is 11.8 Å². The van der Waals surface area contributed by atoms with E-state index < -0.39 is 0 Å². The SMILES string of the molecule is CC1(C)CCCNC1C(=O)NCC1CCCS1. The predicted octanol–water partition coefficient (Wildman–Crippen LogP) is 1.78. The Kier molecular flexibility index (Phi) is 4.36. The van der Waals surface area contributed by atoms with Crippen molar-refractivity contribution in [2.24, 2.45) is 5.41 Å². The second-order valence-electron chi connectivity index (χ2n) is 5.86. The quantitative estimate of drug-likeness (QED) is 0.809. The molecular weight excluding hydrogens is 232 g/mol. The van der Waals surface area contributed by atoms with E-state index in [0.717, 1.165) is 19.5 Å². The summed E-state index contributed by atoms with van der Waals surface area (Å²) in [6, 6.07) is -0.0114. The largest absolute Gasteiger partial charge is 0.354 e. The lowest BCUT2D eigenvalue weighted by atomic mass is 9.77. The highest BCUT2D eigenvalue weighted by molar-refractivity contribution is 8.00. The van der Waals surface area contributed by atoms with Gasteiger partial charge in [-0.3, -0.25) is 4.79 Å². The Hall–Kier alpha value is -0.220. The van der Waals surface area contributed by atoms with E-state index in [1.807, 2.05) is 11.8 Å². The molecule has 0 radical (unpaired) electrons. The third kappa shape index (κ3) is 3.38. The first kappa shape index (κ1) is 13.2. The summed E-state index contributed by atoms with van der Waals surface area (Å²) < 4.78 is 0. The van der Waals surface area contributed by atoms with Crippen LogP contribution < -0.4 is 10.6 Å². The fraction of sp³-hybridized carbons (Fsp3) is 0.923. The Bertz CT molecular complexity index is 275. The molecule has 3 nitrogen and oxygen atoms in total. The number of hydrogen-bond acceptors (Lipinski definition) is 3. The lowest BCUT2D eigenvalue weighted by Gasteiger charge is -2.38. The van der Waals surface area contributed by atoms with Crippen LogP contribution in [0.5, 0.6) is 0 Å². The van der Waals surface area contributed by atoms with Crippen LogP contribution in [0.4, 0.5) is 0 Å². The van der Waals surface area contributed by atoms with Gasteiger partial charge in [-0.05, 0) is 43.4 Å². The Labute approximate surface area is 108 Å². The first-order chi connectivity index (χ1) is 8.09. The summed E-state index contributed by atoms with van der Waals surface area (Å²) in [5.41, 5.74) is 0.0884. The molecule has 0 spiro atoms. The molecule has 4 heteroatoms. The van der Waals surface area contributed by atoms with E-state index in [9.17, 15) is 4.79 Å². The molecule has 1 amide bonds. The molecule has 0 aliphatic carbocycles. The minimum Gasteiger partial charge on any atom is -0.354 e. The van der Waals surface area contributed by atoms with Crippen molar-refractivity contribution in [3.05, 3.63) is 0 Å². The third-order valence-electron chi connectivity index (χ3n) is 3.92. The van der Waals surface area contributed by atoms with Gasteiger partial charge in [0.2, 0.25) is 5.91 Å². The van der Waals surface area contributed by atoms with Crippen LogP contribution in [-0.2, 0) is 4.79 Å². The molecule has 2 saturated heterocycles. The van der Waals surface area contributed by atoms with E-state index in [1.54, 1.807) is 0 Å². The van der Waals surface area contributed by atoms with Crippen molar-refractivity contribution in [2.45, 2.75) is 50.8 Å². The van der Waals surface area contributed by atoms with Crippen LogP contribution in [0.25, 0.3) is 0 Å². The molecule has 17 heavy (non-hydrogen) atoms. The molecule has 0 aromatic rings. The molecule has 0 aromatic carbocycles. The molecule has 2 unspecified atom stereocenters. The number of piperidine rings is 1. The Morgan fingerprint density at radius 3 is 2.94 bits per heavy atom. The summed E-state index contributed by atoms with van der Waals surface area (Å²) in [5.74, 6) is 1.45. The van der Waals surface area contributed by atoms with E-state index in [0.29, 0.717) is 5.25 Å². The van der Waals surface area contributed by atoms with Gasteiger partial charge in [0.15, 0.2) is 0 Å². The van der Waals surface area contributed by atoms with Crippen molar-refractivity contribution in [3.63, 3.8) is 0 Å². The molecule has 2 rings (SSSR count). The predicted molar refractivity (Wildman–Crippen MR) is 73.3 cm³/mol. The van der Waals surface area contributed by atoms with Crippen LogP contribution in [0.1, 0.15) is 39.5 Å². The minimum atomic E-state index is -0.0114. The van der Waals surface area contributed by atoms with Crippen molar-refractivity contribution >= 4 is 17.7 Å². The molecule has 2 aliphatic rings. The van der Waals surface area contributed by atoms with E-state index in [-0.39, 0.29) is 17.4 Å². The number of rotatable bonds is 3. The van der Waals surface area contributed by atoms with Crippen LogP contribution in [0.15, 0.2) is 0 Å². The van der Waals surface area contributed by atoms with Crippen molar-refractivity contribution in [3.8, 4) is 0 Å². The first-order valence-corrected chi connectivity index (χ1v) is 7.77. The molecule has 98 valence electrons. The molecule has 2 heterocycles. The van der Waals surface area contributed by atoms with Gasteiger partial charge < -0.3 is 10.6 Å². The summed E-state index contributed by atoms with van der Waals surface area (Å²) in [7, 11) is 0. The zero-order valence-corrected chi connectivity index (χ0v) is 11.7.